The minimum Gasteiger partial charge on any atom is -0.492 e. The third kappa shape index (κ3) is 3.87. The average Bonchev–Trinajstić information content (AvgIpc) is 2.56. The summed E-state index contributed by atoms with van der Waals surface area (Å²) in [6, 6.07) is 13.4. The van der Waals surface area contributed by atoms with Crippen molar-refractivity contribution < 1.29 is 14.3 Å². The van der Waals surface area contributed by atoms with Gasteiger partial charge in [0, 0.05) is 5.69 Å². The van der Waals surface area contributed by atoms with Crippen molar-refractivity contribution >= 4 is 17.3 Å². The molecule has 1 heterocycles. The molecule has 1 aliphatic rings. The van der Waals surface area contributed by atoms with Gasteiger partial charge in [-0.15, -0.1) is 0 Å². The summed E-state index contributed by atoms with van der Waals surface area (Å²) in [5.41, 5.74) is 8.50. The van der Waals surface area contributed by atoms with Crippen molar-refractivity contribution in [1.29, 1.82) is 0 Å². The molecule has 0 aliphatic carbocycles. The minimum absolute atomic E-state index is 0.0389. The molecule has 132 valence electrons. The second kappa shape index (κ2) is 6.67. The number of rotatable bonds is 4. The Bertz CT molecular complexity index is 764. The number of carbonyl (C=O) groups is 1. The first-order chi connectivity index (χ1) is 11.8. The van der Waals surface area contributed by atoms with Crippen molar-refractivity contribution in [3.05, 3.63) is 48.0 Å². The van der Waals surface area contributed by atoms with E-state index in [0.717, 1.165) is 5.75 Å². The molecule has 5 nitrogen and oxygen atoms in total. The monoisotopic (exact) mass is 340 g/mol. The molecule has 0 saturated heterocycles. The maximum Gasteiger partial charge on any atom is 0.265 e. The number of fused-ring (bicyclic) bond motifs is 1. The molecule has 1 aliphatic heterocycles. The lowest BCUT2D eigenvalue weighted by atomic mass is 9.87. The summed E-state index contributed by atoms with van der Waals surface area (Å²) in [7, 11) is 0. The highest BCUT2D eigenvalue weighted by atomic mass is 16.5. The fraction of sp³-hybridized carbons (Fsp3) is 0.350. The van der Waals surface area contributed by atoms with Gasteiger partial charge in [0.2, 0.25) is 0 Å². The second-order valence-corrected chi connectivity index (χ2v) is 7.18. The van der Waals surface area contributed by atoms with Gasteiger partial charge in [0.1, 0.15) is 18.1 Å². The highest BCUT2D eigenvalue weighted by molar-refractivity contribution is 5.98. The number of nitrogens with zero attached hydrogens (tertiary/aromatic N) is 1. The lowest BCUT2D eigenvalue weighted by Gasteiger charge is -2.29. The van der Waals surface area contributed by atoms with Gasteiger partial charge in [-0.2, -0.15) is 0 Å². The van der Waals surface area contributed by atoms with Crippen LogP contribution < -0.4 is 20.1 Å². The summed E-state index contributed by atoms with van der Waals surface area (Å²) in [6.45, 7) is 7.41. The van der Waals surface area contributed by atoms with E-state index in [9.17, 15) is 4.79 Å². The molecule has 0 spiro atoms. The largest absolute Gasteiger partial charge is 0.492 e. The van der Waals surface area contributed by atoms with E-state index in [1.807, 2.05) is 12.1 Å². The Hall–Kier alpha value is -2.69. The number of hydrogen-bond donors (Lipinski definition) is 1. The normalized spacial score (nSPS) is 14.0. The van der Waals surface area contributed by atoms with E-state index in [1.54, 1.807) is 23.1 Å². The number of carbonyl (C=O) groups excluding carboxylic acids is 1. The molecule has 25 heavy (non-hydrogen) atoms. The fourth-order valence-electron chi connectivity index (χ4n) is 2.77. The van der Waals surface area contributed by atoms with Gasteiger partial charge < -0.3 is 20.1 Å². The van der Waals surface area contributed by atoms with Crippen LogP contribution in [0.2, 0.25) is 0 Å². The summed E-state index contributed by atoms with van der Waals surface area (Å²) in [5, 5.41) is 0. The Kier molecular flexibility index (Phi) is 4.57. The van der Waals surface area contributed by atoms with Crippen LogP contribution in [0.5, 0.6) is 11.5 Å². The quantitative estimate of drug-likeness (QED) is 0.867. The molecule has 2 N–H and O–H groups in total. The molecule has 2 aromatic carbocycles. The van der Waals surface area contributed by atoms with Gasteiger partial charge in [-0.3, -0.25) is 4.79 Å². The third-order valence-corrected chi connectivity index (χ3v) is 4.23. The molecule has 3 rings (SSSR count). The lowest BCUT2D eigenvalue weighted by Crippen LogP contribution is -2.41. The Labute approximate surface area is 148 Å². The molecular formula is C20H24N2O3. The molecule has 0 radical (unpaired) electrons. The van der Waals surface area contributed by atoms with Crippen molar-refractivity contribution in [1.82, 2.24) is 0 Å². The van der Waals surface area contributed by atoms with Gasteiger partial charge in [-0.1, -0.05) is 32.9 Å². The van der Waals surface area contributed by atoms with E-state index < -0.39 is 0 Å². The van der Waals surface area contributed by atoms with Crippen LogP contribution in [0.15, 0.2) is 42.5 Å². The van der Waals surface area contributed by atoms with Gasteiger partial charge >= 0.3 is 0 Å². The molecular weight excluding hydrogens is 316 g/mol. The maximum absolute atomic E-state index is 12.2. The highest BCUT2D eigenvalue weighted by Crippen LogP contribution is 2.33. The molecule has 0 bridgehead atoms. The first kappa shape index (κ1) is 17.1. The zero-order valence-corrected chi connectivity index (χ0v) is 14.9. The Balaban J connectivity index is 1.64. The molecule has 2 aromatic rings. The Morgan fingerprint density at radius 1 is 1.16 bits per heavy atom. The van der Waals surface area contributed by atoms with E-state index in [4.69, 9.17) is 15.2 Å². The maximum atomic E-state index is 12.2. The van der Waals surface area contributed by atoms with E-state index in [0.29, 0.717) is 30.3 Å². The van der Waals surface area contributed by atoms with Crippen molar-refractivity contribution in [3.63, 3.8) is 0 Å². The zero-order valence-electron chi connectivity index (χ0n) is 14.9. The van der Waals surface area contributed by atoms with Gasteiger partial charge in [0.05, 0.1) is 12.2 Å². The van der Waals surface area contributed by atoms with Gasteiger partial charge in [-0.25, -0.2) is 0 Å². The van der Waals surface area contributed by atoms with E-state index in [2.05, 4.69) is 32.9 Å². The van der Waals surface area contributed by atoms with Crippen molar-refractivity contribution in [2.45, 2.75) is 26.2 Å². The predicted octanol–water partition coefficient (Wildman–Crippen LogP) is 3.37. The first-order valence-corrected chi connectivity index (χ1v) is 8.40. The number of nitrogens with two attached hydrogens (primary N) is 1. The minimum atomic E-state index is -0.0928. The molecule has 0 saturated carbocycles. The van der Waals surface area contributed by atoms with Crippen LogP contribution in [0.4, 0.5) is 11.4 Å². The summed E-state index contributed by atoms with van der Waals surface area (Å²) in [6.07, 6.45) is 0. The van der Waals surface area contributed by atoms with Crippen LogP contribution in [0, 0.1) is 0 Å². The van der Waals surface area contributed by atoms with E-state index in [-0.39, 0.29) is 17.9 Å². The SMILES string of the molecule is CC(C)(C)c1ccc(OCCN2C(=O)COc3ccc(N)cc32)cc1. The van der Waals surface area contributed by atoms with Crippen LogP contribution in [0.3, 0.4) is 0 Å². The molecule has 5 heteroatoms. The summed E-state index contributed by atoms with van der Waals surface area (Å²) < 4.78 is 11.2. The molecule has 1 amide bonds. The third-order valence-electron chi connectivity index (χ3n) is 4.23. The predicted molar refractivity (Wildman–Crippen MR) is 99.3 cm³/mol. The molecule has 0 unspecified atom stereocenters. The van der Waals surface area contributed by atoms with Crippen LogP contribution in [0.1, 0.15) is 26.3 Å². The Morgan fingerprint density at radius 2 is 1.88 bits per heavy atom. The first-order valence-electron chi connectivity index (χ1n) is 8.40. The fourth-order valence-corrected chi connectivity index (χ4v) is 2.77. The van der Waals surface area contributed by atoms with Crippen molar-refractivity contribution in [2.75, 3.05) is 30.4 Å². The number of amides is 1. The summed E-state index contributed by atoms with van der Waals surface area (Å²) in [4.78, 5) is 13.8. The summed E-state index contributed by atoms with van der Waals surface area (Å²) >= 11 is 0. The number of benzene rings is 2. The highest BCUT2D eigenvalue weighted by Gasteiger charge is 2.25. The second-order valence-electron chi connectivity index (χ2n) is 7.18. The topological polar surface area (TPSA) is 64.8 Å². The lowest BCUT2D eigenvalue weighted by molar-refractivity contribution is -0.121. The number of ether oxygens (including phenoxy) is 2. The van der Waals surface area contributed by atoms with Gasteiger partial charge in [-0.05, 0) is 41.3 Å². The van der Waals surface area contributed by atoms with Gasteiger partial charge in [0.25, 0.3) is 5.91 Å². The molecule has 0 aromatic heterocycles. The zero-order chi connectivity index (χ0) is 18.0. The molecule has 0 atom stereocenters. The summed E-state index contributed by atoms with van der Waals surface area (Å²) in [5.74, 6) is 1.37. The van der Waals surface area contributed by atoms with Crippen LogP contribution in [-0.2, 0) is 10.2 Å². The van der Waals surface area contributed by atoms with Gasteiger partial charge in [0.15, 0.2) is 6.61 Å². The number of hydrogen-bond acceptors (Lipinski definition) is 4. The number of nitrogen functional groups attached to an aromatic ring is 1. The standard InChI is InChI=1S/C20H24N2O3/c1-20(2,3)14-4-7-16(8-5-14)24-11-10-22-17-12-15(21)6-9-18(17)25-13-19(22)23/h4-9,12H,10-11,13,21H2,1-3H3. The smallest absolute Gasteiger partial charge is 0.265 e. The van der Waals surface area contributed by atoms with Crippen LogP contribution >= 0.6 is 0 Å². The molecule has 0 fully saturated rings. The van der Waals surface area contributed by atoms with Crippen molar-refractivity contribution in [2.24, 2.45) is 0 Å². The van der Waals surface area contributed by atoms with Crippen molar-refractivity contribution in [3.8, 4) is 11.5 Å². The number of anilines is 2. The van der Waals surface area contributed by atoms with Crippen LogP contribution in [0.25, 0.3) is 0 Å². The average molecular weight is 340 g/mol. The van der Waals surface area contributed by atoms with Crippen LogP contribution in [-0.4, -0.2) is 25.7 Å². The van der Waals surface area contributed by atoms with E-state index in [1.165, 1.54) is 5.56 Å². The van der Waals surface area contributed by atoms with E-state index >= 15 is 0 Å². The Morgan fingerprint density at radius 3 is 2.56 bits per heavy atom.